The van der Waals surface area contributed by atoms with Gasteiger partial charge in [-0.25, -0.2) is 0 Å². The van der Waals surface area contributed by atoms with Gasteiger partial charge in [0.05, 0.1) is 0 Å². The maximum absolute atomic E-state index is 3.36. The highest BCUT2D eigenvalue weighted by molar-refractivity contribution is 5.67. The molecule has 2 aromatic carbocycles. The third-order valence-corrected chi connectivity index (χ3v) is 4.01. The molecule has 18 heavy (non-hydrogen) atoms. The quantitative estimate of drug-likeness (QED) is 0.671. The summed E-state index contributed by atoms with van der Waals surface area (Å²) in [5.41, 5.74) is 4.14. The van der Waals surface area contributed by atoms with Crippen molar-refractivity contribution in [2.24, 2.45) is 0 Å². The Bertz CT molecular complexity index is 492. The monoisotopic (exact) mass is 235 g/mol. The molecule has 0 atom stereocenters. The second kappa shape index (κ2) is 5.39. The Kier molecular flexibility index (Phi) is 3.45. The first-order chi connectivity index (χ1) is 8.95. The van der Waals surface area contributed by atoms with Crippen LogP contribution in [-0.2, 0) is 0 Å². The van der Waals surface area contributed by atoms with Gasteiger partial charge in [0, 0.05) is 0 Å². The van der Waals surface area contributed by atoms with E-state index in [-0.39, 0.29) is 0 Å². The Balaban J connectivity index is 1.99. The van der Waals surface area contributed by atoms with E-state index in [4.69, 9.17) is 0 Å². The van der Waals surface area contributed by atoms with Gasteiger partial charge in [-0.15, -0.1) is 0 Å². The predicted octanol–water partition coefficient (Wildman–Crippen LogP) is 5.20. The lowest BCUT2D eigenvalue weighted by molar-refractivity contribution is 0.444. The Morgan fingerprint density at radius 1 is 0.833 bits per heavy atom. The van der Waals surface area contributed by atoms with Gasteiger partial charge >= 0.3 is 0 Å². The summed E-state index contributed by atoms with van der Waals surface area (Å²) in [6, 6.07) is 20.6. The summed E-state index contributed by atoms with van der Waals surface area (Å²) >= 11 is 0. The van der Waals surface area contributed by atoms with Crippen molar-refractivity contribution in [1.29, 1.82) is 0 Å². The van der Waals surface area contributed by atoms with Crippen molar-refractivity contribution in [2.45, 2.75) is 38.0 Å². The minimum atomic E-state index is 0.753. The lowest BCUT2D eigenvalue weighted by Crippen LogP contribution is -2.05. The minimum absolute atomic E-state index is 0.753. The van der Waals surface area contributed by atoms with E-state index >= 15 is 0 Å². The summed E-state index contributed by atoms with van der Waals surface area (Å²) < 4.78 is 0. The van der Waals surface area contributed by atoms with E-state index in [1.807, 2.05) is 12.1 Å². The first kappa shape index (κ1) is 11.5. The van der Waals surface area contributed by atoms with Crippen molar-refractivity contribution < 1.29 is 0 Å². The molecule has 0 bridgehead atoms. The highest BCUT2D eigenvalue weighted by atomic mass is 14.2. The summed E-state index contributed by atoms with van der Waals surface area (Å²) in [5, 5.41) is 0. The summed E-state index contributed by atoms with van der Waals surface area (Å²) in [5.74, 6) is 0.753. The largest absolute Gasteiger partial charge is 0.0619 e. The molecule has 0 N–H and O–H groups in total. The van der Waals surface area contributed by atoms with E-state index in [0.29, 0.717) is 0 Å². The van der Waals surface area contributed by atoms with Crippen LogP contribution in [0.15, 0.2) is 48.5 Å². The van der Waals surface area contributed by atoms with Crippen LogP contribution in [0.1, 0.15) is 43.6 Å². The molecule has 3 rings (SSSR count). The molecule has 0 heteroatoms. The van der Waals surface area contributed by atoms with Crippen LogP contribution in [0.3, 0.4) is 0 Å². The molecular formula is C18H19. The summed E-state index contributed by atoms with van der Waals surface area (Å²) in [4.78, 5) is 0. The maximum atomic E-state index is 3.36. The van der Waals surface area contributed by atoms with Gasteiger partial charge in [-0.2, -0.15) is 0 Å². The van der Waals surface area contributed by atoms with E-state index in [2.05, 4.69) is 42.5 Å². The number of hydrogen-bond acceptors (Lipinski definition) is 0. The molecule has 0 aliphatic heterocycles. The number of benzene rings is 2. The van der Waals surface area contributed by atoms with Gasteiger partial charge in [-0.05, 0) is 41.5 Å². The van der Waals surface area contributed by atoms with Gasteiger partial charge in [0.25, 0.3) is 0 Å². The third kappa shape index (κ3) is 2.33. The molecule has 0 aromatic heterocycles. The summed E-state index contributed by atoms with van der Waals surface area (Å²) in [6.45, 7) is 0. The van der Waals surface area contributed by atoms with Crippen LogP contribution in [0.4, 0.5) is 0 Å². The molecule has 91 valence electrons. The molecule has 0 spiro atoms. The van der Waals surface area contributed by atoms with E-state index in [1.54, 1.807) is 0 Å². The van der Waals surface area contributed by atoms with Crippen molar-refractivity contribution in [3.8, 4) is 11.1 Å². The second-order valence-corrected chi connectivity index (χ2v) is 5.20. The fourth-order valence-electron chi connectivity index (χ4n) is 3.07. The summed E-state index contributed by atoms with van der Waals surface area (Å²) in [6.07, 6.45) is 6.89. The molecule has 0 unspecified atom stereocenters. The van der Waals surface area contributed by atoms with E-state index < -0.39 is 0 Å². The van der Waals surface area contributed by atoms with E-state index in [9.17, 15) is 0 Å². The molecule has 1 saturated carbocycles. The summed E-state index contributed by atoms with van der Waals surface area (Å²) in [7, 11) is 0. The Hall–Kier alpha value is -1.56. The molecule has 1 radical (unpaired) electrons. The van der Waals surface area contributed by atoms with Crippen LogP contribution in [-0.4, -0.2) is 0 Å². The molecule has 1 fully saturated rings. The fraction of sp³-hybridized carbons (Fsp3) is 0.333. The lowest BCUT2D eigenvalue weighted by atomic mass is 9.81. The number of hydrogen-bond donors (Lipinski definition) is 0. The van der Waals surface area contributed by atoms with Gasteiger partial charge < -0.3 is 0 Å². The molecule has 0 nitrogen and oxygen atoms in total. The van der Waals surface area contributed by atoms with Crippen molar-refractivity contribution in [1.82, 2.24) is 0 Å². The third-order valence-electron chi connectivity index (χ3n) is 4.01. The Morgan fingerprint density at radius 3 is 2.39 bits per heavy atom. The topological polar surface area (TPSA) is 0 Å². The van der Waals surface area contributed by atoms with Crippen LogP contribution in [0.2, 0.25) is 0 Å². The van der Waals surface area contributed by atoms with E-state index in [0.717, 1.165) is 5.92 Å². The van der Waals surface area contributed by atoms with Crippen LogP contribution < -0.4 is 0 Å². The minimum Gasteiger partial charge on any atom is -0.0619 e. The van der Waals surface area contributed by atoms with Gasteiger partial charge in [0.1, 0.15) is 0 Å². The maximum Gasteiger partial charge on any atom is -0.00991 e. The van der Waals surface area contributed by atoms with Crippen LogP contribution >= 0.6 is 0 Å². The first-order valence-electron chi connectivity index (χ1n) is 7.01. The van der Waals surface area contributed by atoms with Gasteiger partial charge in [0.2, 0.25) is 0 Å². The highest BCUT2D eigenvalue weighted by Gasteiger charge is 2.18. The average molecular weight is 235 g/mol. The fourth-order valence-corrected chi connectivity index (χ4v) is 3.07. The van der Waals surface area contributed by atoms with Crippen molar-refractivity contribution in [3.63, 3.8) is 0 Å². The van der Waals surface area contributed by atoms with Crippen molar-refractivity contribution in [3.05, 3.63) is 60.2 Å². The second-order valence-electron chi connectivity index (χ2n) is 5.20. The first-order valence-corrected chi connectivity index (χ1v) is 7.01. The zero-order valence-electron chi connectivity index (χ0n) is 10.7. The molecular weight excluding hydrogens is 216 g/mol. The zero-order chi connectivity index (χ0) is 12.2. The predicted molar refractivity (Wildman–Crippen MR) is 76.5 cm³/mol. The van der Waals surface area contributed by atoms with Gasteiger partial charge in [-0.3, -0.25) is 0 Å². The molecule has 0 heterocycles. The lowest BCUT2D eigenvalue weighted by Gasteiger charge is -2.24. The smallest absolute Gasteiger partial charge is 0.00991 e. The van der Waals surface area contributed by atoms with Gasteiger partial charge in [-0.1, -0.05) is 67.8 Å². The SMILES string of the molecule is [c]1ccccc1-c1ccccc1C1CCCCC1. The Labute approximate surface area is 110 Å². The van der Waals surface area contributed by atoms with Crippen LogP contribution in [0, 0.1) is 6.07 Å². The van der Waals surface area contributed by atoms with Gasteiger partial charge in [0.15, 0.2) is 0 Å². The molecule has 0 saturated heterocycles. The normalized spacial score (nSPS) is 16.7. The zero-order valence-corrected chi connectivity index (χ0v) is 10.7. The Morgan fingerprint density at radius 2 is 1.61 bits per heavy atom. The average Bonchev–Trinajstić information content (AvgIpc) is 2.49. The van der Waals surface area contributed by atoms with Crippen LogP contribution in [0.25, 0.3) is 11.1 Å². The van der Waals surface area contributed by atoms with Crippen molar-refractivity contribution >= 4 is 0 Å². The highest BCUT2D eigenvalue weighted by Crippen LogP contribution is 2.37. The number of rotatable bonds is 2. The van der Waals surface area contributed by atoms with E-state index in [1.165, 1.54) is 48.8 Å². The van der Waals surface area contributed by atoms with Crippen molar-refractivity contribution in [2.75, 3.05) is 0 Å². The standard InChI is InChI=1S/C18H19/c1-3-9-15(10-4-1)17-13-7-8-14-18(17)16-11-5-2-6-12-16/h1,3-4,7-9,13-14,16H,2,5-6,11-12H2. The molecule has 0 amide bonds. The molecule has 1 aliphatic carbocycles. The molecule has 2 aromatic rings. The van der Waals surface area contributed by atoms with Crippen LogP contribution in [0.5, 0.6) is 0 Å². The molecule has 1 aliphatic rings.